The van der Waals surface area contributed by atoms with Crippen LogP contribution in [0.2, 0.25) is 10.0 Å². The van der Waals surface area contributed by atoms with E-state index in [2.05, 4.69) is 0 Å². The molecule has 2 rings (SSSR count). The fraction of sp³-hybridized carbons (Fsp3) is 0.435. The second kappa shape index (κ2) is 12.7. The van der Waals surface area contributed by atoms with Crippen LogP contribution in [0.3, 0.4) is 0 Å². The van der Waals surface area contributed by atoms with E-state index in [1.807, 2.05) is 35.2 Å². The Morgan fingerprint density at radius 2 is 1.77 bits per heavy atom. The fourth-order valence-electron chi connectivity index (χ4n) is 3.23. The molecular weight excluding hydrogens is 423 g/mol. The van der Waals surface area contributed by atoms with E-state index in [9.17, 15) is 4.79 Å². The van der Waals surface area contributed by atoms with Crippen LogP contribution in [0.25, 0.3) is 0 Å². The van der Waals surface area contributed by atoms with Gasteiger partial charge in [0.2, 0.25) is 5.91 Å². The van der Waals surface area contributed by atoms with Gasteiger partial charge in [0.1, 0.15) is 0 Å². The number of halogens is 2. The van der Waals surface area contributed by atoms with Gasteiger partial charge in [-0.3, -0.25) is 4.79 Å². The molecule has 0 saturated heterocycles. The van der Waals surface area contributed by atoms with Gasteiger partial charge < -0.3 is 20.1 Å². The molecule has 0 spiro atoms. The van der Waals surface area contributed by atoms with Crippen molar-refractivity contribution in [2.24, 2.45) is 5.73 Å². The average Bonchev–Trinajstić information content (AvgIpc) is 2.74. The molecule has 1 amide bonds. The van der Waals surface area contributed by atoms with Crippen LogP contribution in [0.15, 0.2) is 36.4 Å². The van der Waals surface area contributed by atoms with Crippen molar-refractivity contribution in [2.75, 3.05) is 27.3 Å². The van der Waals surface area contributed by atoms with Crippen molar-refractivity contribution in [1.82, 2.24) is 4.90 Å². The van der Waals surface area contributed by atoms with Gasteiger partial charge in [-0.05, 0) is 61.2 Å². The first-order valence-electron chi connectivity index (χ1n) is 10.1. The highest BCUT2D eigenvalue weighted by Crippen LogP contribution is 2.28. The predicted octanol–water partition coefficient (Wildman–Crippen LogP) is 5.10. The molecule has 2 N–H and O–H groups in total. The van der Waals surface area contributed by atoms with E-state index >= 15 is 0 Å². The minimum Gasteiger partial charge on any atom is -0.493 e. The number of benzene rings is 2. The summed E-state index contributed by atoms with van der Waals surface area (Å²) in [6.45, 7) is 1.70. The highest BCUT2D eigenvalue weighted by atomic mass is 35.5. The van der Waals surface area contributed by atoms with Crippen LogP contribution in [0.5, 0.6) is 11.5 Å². The van der Waals surface area contributed by atoms with Crippen molar-refractivity contribution in [2.45, 2.75) is 38.6 Å². The third-order valence-electron chi connectivity index (χ3n) is 4.94. The van der Waals surface area contributed by atoms with Crippen LogP contribution in [-0.4, -0.2) is 38.1 Å². The van der Waals surface area contributed by atoms with Gasteiger partial charge in [-0.2, -0.15) is 0 Å². The van der Waals surface area contributed by atoms with Crippen LogP contribution >= 0.6 is 23.2 Å². The van der Waals surface area contributed by atoms with Crippen molar-refractivity contribution >= 4 is 29.1 Å². The average molecular weight is 453 g/mol. The first-order chi connectivity index (χ1) is 14.5. The molecule has 0 heterocycles. The number of hydrogen-bond acceptors (Lipinski definition) is 4. The van der Waals surface area contributed by atoms with Crippen LogP contribution in [0.1, 0.15) is 36.8 Å². The predicted molar refractivity (Wildman–Crippen MR) is 123 cm³/mol. The molecule has 0 radical (unpaired) electrons. The monoisotopic (exact) mass is 452 g/mol. The van der Waals surface area contributed by atoms with Gasteiger partial charge in [-0.25, -0.2) is 0 Å². The first-order valence-corrected chi connectivity index (χ1v) is 10.9. The molecule has 0 aliphatic heterocycles. The van der Waals surface area contributed by atoms with Crippen molar-refractivity contribution in [3.8, 4) is 11.5 Å². The lowest BCUT2D eigenvalue weighted by Gasteiger charge is -2.24. The molecule has 0 unspecified atom stereocenters. The Morgan fingerprint density at radius 1 is 1.00 bits per heavy atom. The number of unbranched alkanes of at least 4 members (excludes halogenated alkanes) is 2. The van der Waals surface area contributed by atoms with Gasteiger partial charge >= 0.3 is 0 Å². The summed E-state index contributed by atoms with van der Waals surface area (Å²) in [5.74, 6) is 1.42. The smallest absolute Gasteiger partial charge is 0.222 e. The molecule has 0 atom stereocenters. The highest BCUT2D eigenvalue weighted by molar-refractivity contribution is 6.35. The maximum atomic E-state index is 12.9. The van der Waals surface area contributed by atoms with Gasteiger partial charge in [-0.1, -0.05) is 41.8 Å². The second-order valence-electron chi connectivity index (χ2n) is 7.09. The summed E-state index contributed by atoms with van der Waals surface area (Å²) in [5.41, 5.74) is 7.50. The number of rotatable bonds is 12. The first kappa shape index (κ1) is 24.3. The van der Waals surface area contributed by atoms with Crippen LogP contribution < -0.4 is 15.2 Å². The van der Waals surface area contributed by atoms with Gasteiger partial charge in [0.05, 0.1) is 14.2 Å². The number of methoxy groups -OCH3 is 2. The van der Waals surface area contributed by atoms with E-state index < -0.39 is 0 Å². The molecular formula is C23H30Cl2N2O3. The third kappa shape index (κ3) is 7.38. The largest absolute Gasteiger partial charge is 0.493 e. The summed E-state index contributed by atoms with van der Waals surface area (Å²) in [6, 6.07) is 11.2. The molecule has 164 valence electrons. The molecule has 0 fully saturated rings. The van der Waals surface area contributed by atoms with Gasteiger partial charge in [0.15, 0.2) is 11.5 Å². The summed E-state index contributed by atoms with van der Waals surface area (Å²) in [4.78, 5) is 14.8. The zero-order chi connectivity index (χ0) is 21.9. The molecule has 30 heavy (non-hydrogen) atoms. The summed E-state index contributed by atoms with van der Waals surface area (Å²) in [5, 5.41) is 1.21. The second-order valence-corrected chi connectivity index (χ2v) is 7.93. The normalized spacial score (nSPS) is 10.7. The molecule has 0 aliphatic rings. The fourth-order valence-corrected chi connectivity index (χ4v) is 3.73. The minimum absolute atomic E-state index is 0.117. The van der Waals surface area contributed by atoms with Crippen LogP contribution in [-0.2, 0) is 17.8 Å². The van der Waals surface area contributed by atoms with Crippen LogP contribution in [0, 0.1) is 0 Å². The molecule has 7 heteroatoms. The third-order valence-corrected chi connectivity index (χ3v) is 5.52. The Balaban J connectivity index is 2.12. The number of nitrogens with two attached hydrogens (primary N) is 1. The molecule has 0 aromatic heterocycles. The number of amides is 1. The zero-order valence-corrected chi connectivity index (χ0v) is 19.1. The van der Waals surface area contributed by atoms with Crippen molar-refractivity contribution in [3.05, 3.63) is 57.6 Å². The Morgan fingerprint density at radius 3 is 2.43 bits per heavy atom. The molecule has 2 aromatic carbocycles. The Labute approximate surface area is 189 Å². The summed E-state index contributed by atoms with van der Waals surface area (Å²) >= 11 is 12.3. The number of carbonyl (C=O) groups is 1. The zero-order valence-electron chi connectivity index (χ0n) is 17.6. The topological polar surface area (TPSA) is 64.8 Å². The summed E-state index contributed by atoms with van der Waals surface area (Å²) in [6.07, 6.45) is 3.87. The Kier molecular flexibility index (Phi) is 10.3. The van der Waals surface area contributed by atoms with E-state index in [1.165, 1.54) is 0 Å². The van der Waals surface area contributed by atoms with E-state index in [1.54, 1.807) is 20.3 Å². The van der Waals surface area contributed by atoms with Crippen LogP contribution in [0.4, 0.5) is 0 Å². The maximum absolute atomic E-state index is 12.9. The Hall–Kier alpha value is -1.95. The lowest BCUT2D eigenvalue weighted by atomic mass is 10.1. The maximum Gasteiger partial charge on any atom is 0.222 e. The van der Waals surface area contributed by atoms with E-state index in [-0.39, 0.29) is 5.91 Å². The van der Waals surface area contributed by atoms with Gasteiger partial charge in [-0.15, -0.1) is 0 Å². The summed E-state index contributed by atoms with van der Waals surface area (Å²) in [7, 11) is 3.20. The molecule has 0 saturated carbocycles. The molecule has 0 bridgehead atoms. The van der Waals surface area contributed by atoms with Crippen molar-refractivity contribution in [3.63, 3.8) is 0 Å². The molecule has 5 nitrogen and oxygen atoms in total. The Bertz CT molecular complexity index is 830. The molecule has 2 aromatic rings. The number of nitrogens with zero attached hydrogens (tertiary/aromatic N) is 1. The quantitative estimate of drug-likeness (QED) is 0.454. The molecule has 0 aliphatic carbocycles. The highest BCUT2D eigenvalue weighted by Gasteiger charge is 2.16. The lowest BCUT2D eigenvalue weighted by Crippen LogP contribution is -2.32. The van der Waals surface area contributed by atoms with Crippen molar-refractivity contribution < 1.29 is 14.3 Å². The van der Waals surface area contributed by atoms with Gasteiger partial charge in [0, 0.05) is 29.6 Å². The number of carbonyl (C=O) groups excluding carboxylic acids is 1. The standard InChI is InChI=1S/C23H30Cl2N2O3/c1-29-21-10-7-17(14-22(21)30-2)16-27(23(28)6-4-3-5-12-26)13-11-18-8-9-19(24)15-20(18)25/h7-10,14-15H,3-6,11-13,16,26H2,1-2H3. The SMILES string of the molecule is COc1ccc(CN(CCc2ccc(Cl)cc2Cl)C(=O)CCCCCN)cc1OC. The number of ether oxygens (including phenoxy) is 2. The lowest BCUT2D eigenvalue weighted by molar-refractivity contribution is -0.131. The number of hydrogen-bond donors (Lipinski definition) is 1. The summed E-state index contributed by atoms with van der Waals surface area (Å²) < 4.78 is 10.7. The minimum atomic E-state index is 0.117. The van der Waals surface area contributed by atoms with Gasteiger partial charge in [0.25, 0.3) is 0 Å². The van der Waals surface area contributed by atoms with E-state index in [0.717, 1.165) is 30.4 Å². The van der Waals surface area contributed by atoms with Crippen molar-refractivity contribution in [1.29, 1.82) is 0 Å². The van der Waals surface area contributed by atoms with E-state index in [0.29, 0.717) is 54.0 Å². The van der Waals surface area contributed by atoms with E-state index in [4.69, 9.17) is 38.4 Å².